The average molecular weight is 380 g/mol. The molecule has 3 rings (SSSR count). The van der Waals surface area contributed by atoms with Gasteiger partial charge in [-0.05, 0) is 42.7 Å². The third-order valence-corrected chi connectivity index (χ3v) is 4.51. The summed E-state index contributed by atoms with van der Waals surface area (Å²) in [5, 5.41) is 9.40. The topological polar surface area (TPSA) is 74.8 Å². The summed E-state index contributed by atoms with van der Waals surface area (Å²) < 4.78 is 5.55. The average Bonchev–Trinajstić information content (AvgIpc) is 3.19. The van der Waals surface area contributed by atoms with E-state index in [1.54, 1.807) is 12.1 Å². The minimum absolute atomic E-state index is 0.0649. The second-order valence-electron chi connectivity index (χ2n) is 6.60. The molecule has 2 aromatic carbocycles. The maximum absolute atomic E-state index is 12.0. The van der Waals surface area contributed by atoms with Crippen molar-refractivity contribution in [2.75, 3.05) is 32.8 Å². The number of hydrogen-bond acceptors (Lipinski definition) is 3. The molecule has 6 nitrogen and oxygen atoms in total. The van der Waals surface area contributed by atoms with Crippen LogP contribution in [0.25, 0.3) is 0 Å². The summed E-state index contributed by atoms with van der Waals surface area (Å²) in [4.78, 5) is 16.7. The molecule has 148 valence electrons. The van der Waals surface area contributed by atoms with Crippen LogP contribution in [0.2, 0.25) is 0 Å². The van der Waals surface area contributed by atoms with E-state index >= 15 is 0 Å². The molecule has 0 fully saturated rings. The van der Waals surface area contributed by atoms with Crippen LogP contribution in [-0.4, -0.2) is 44.7 Å². The van der Waals surface area contributed by atoms with Crippen LogP contribution < -0.4 is 20.7 Å². The Bertz CT molecular complexity index is 805. The van der Waals surface area contributed by atoms with Crippen molar-refractivity contribution in [3.63, 3.8) is 0 Å². The van der Waals surface area contributed by atoms with Crippen LogP contribution in [0.5, 0.6) is 5.75 Å². The molecule has 0 radical (unpaired) electrons. The van der Waals surface area contributed by atoms with Crippen molar-refractivity contribution in [3.8, 4) is 5.75 Å². The Kier molecular flexibility index (Phi) is 7.29. The van der Waals surface area contributed by atoms with Crippen LogP contribution in [0.1, 0.15) is 28.4 Å². The first-order valence-corrected chi connectivity index (χ1v) is 9.86. The number of aliphatic imine (C=N–C) groups is 1. The predicted octanol–water partition coefficient (Wildman–Crippen LogP) is 2.15. The standard InChI is InChI=1S/C22H28N4O2/c1-2-23-22(26-14-13-24-21(27)18-6-4-3-5-7-18)25-12-10-17-8-9-20-19(16-17)11-15-28-20/h3-9,16H,2,10-15H2,1H3,(H,24,27)(H2,23,25,26). The molecule has 0 spiro atoms. The van der Waals surface area contributed by atoms with Crippen molar-refractivity contribution in [2.24, 2.45) is 4.99 Å². The summed E-state index contributed by atoms with van der Waals surface area (Å²) in [6, 6.07) is 15.6. The Labute approximate surface area is 166 Å². The number of carbonyl (C=O) groups is 1. The second-order valence-corrected chi connectivity index (χ2v) is 6.60. The molecule has 3 N–H and O–H groups in total. The van der Waals surface area contributed by atoms with Gasteiger partial charge in [0.1, 0.15) is 5.75 Å². The lowest BCUT2D eigenvalue weighted by Crippen LogP contribution is -2.41. The van der Waals surface area contributed by atoms with Crippen molar-refractivity contribution in [3.05, 3.63) is 65.2 Å². The van der Waals surface area contributed by atoms with Crippen LogP contribution in [0.3, 0.4) is 0 Å². The van der Waals surface area contributed by atoms with E-state index in [9.17, 15) is 4.79 Å². The van der Waals surface area contributed by atoms with Crippen LogP contribution in [-0.2, 0) is 12.8 Å². The van der Waals surface area contributed by atoms with Gasteiger partial charge in [0.05, 0.1) is 6.61 Å². The number of amides is 1. The summed E-state index contributed by atoms with van der Waals surface area (Å²) in [6.45, 7) is 5.45. The molecule has 0 aromatic heterocycles. The number of fused-ring (bicyclic) bond motifs is 1. The van der Waals surface area contributed by atoms with Gasteiger partial charge in [-0.1, -0.05) is 30.3 Å². The molecule has 28 heavy (non-hydrogen) atoms. The number of rotatable bonds is 8. The number of nitrogens with one attached hydrogen (secondary N) is 3. The third kappa shape index (κ3) is 5.74. The van der Waals surface area contributed by atoms with Crippen LogP contribution in [0, 0.1) is 0 Å². The highest BCUT2D eigenvalue weighted by Crippen LogP contribution is 2.25. The smallest absolute Gasteiger partial charge is 0.251 e. The minimum atomic E-state index is -0.0649. The van der Waals surface area contributed by atoms with E-state index < -0.39 is 0 Å². The van der Waals surface area contributed by atoms with E-state index in [0.717, 1.165) is 37.7 Å². The summed E-state index contributed by atoms with van der Waals surface area (Å²) in [5.74, 6) is 1.71. The number of hydrogen-bond donors (Lipinski definition) is 3. The summed E-state index contributed by atoms with van der Waals surface area (Å²) >= 11 is 0. The van der Waals surface area contributed by atoms with E-state index in [4.69, 9.17) is 4.74 Å². The van der Waals surface area contributed by atoms with E-state index in [2.05, 4.69) is 39.1 Å². The third-order valence-electron chi connectivity index (χ3n) is 4.51. The molecule has 1 aliphatic heterocycles. The lowest BCUT2D eigenvalue weighted by atomic mass is 10.1. The van der Waals surface area contributed by atoms with Crippen molar-refractivity contribution in [2.45, 2.75) is 19.8 Å². The van der Waals surface area contributed by atoms with Crippen molar-refractivity contribution in [1.82, 2.24) is 16.0 Å². The van der Waals surface area contributed by atoms with E-state index in [0.29, 0.717) is 25.2 Å². The maximum atomic E-state index is 12.0. The SMILES string of the molecule is CCNC(=NCCc1ccc2c(c1)CCO2)NCCNC(=O)c1ccccc1. The zero-order chi connectivity index (χ0) is 19.6. The van der Waals surface area contributed by atoms with Crippen molar-refractivity contribution in [1.29, 1.82) is 0 Å². The van der Waals surface area contributed by atoms with Crippen LogP contribution in [0.4, 0.5) is 0 Å². The molecule has 0 saturated heterocycles. The normalized spacial score (nSPS) is 12.8. The first kappa shape index (κ1) is 19.7. The van der Waals surface area contributed by atoms with Gasteiger partial charge in [0, 0.05) is 38.2 Å². The fourth-order valence-corrected chi connectivity index (χ4v) is 3.08. The molecule has 0 atom stereocenters. The van der Waals surface area contributed by atoms with Crippen LogP contribution in [0.15, 0.2) is 53.5 Å². The lowest BCUT2D eigenvalue weighted by molar-refractivity contribution is 0.0954. The predicted molar refractivity (Wildman–Crippen MR) is 112 cm³/mol. The van der Waals surface area contributed by atoms with E-state index in [1.807, 2.05) is 25.1 Å². The Morgan fingerprint density at radius 3 is 2.71 bits per heavy atom. The molecular formula is C22H28N4O2. The zero-order valence-corrected chi connectivity index (χ0v) is 16.3. The van der Waals surface area contributed by atoms with Gasteiger partial charge in [0.2, 0.25) is 0 Å². The Morgan fingerprint density at radius 1 is 1.07 bits per heavy atom. The van der Waals surface area contributed by atoms with Crippen molar-refractivity contribution >= 4 is 11.9 Å². The lowest BCUT2D eigenvalue weighted by Gasteiger charge is -2.12. The zero-order valence-electron chi connectivity index (χ0n) is 16.3. The van der Waals surface area contributed by atoms with E-state index in [1.165, 1.54) is 11.1 Å². The quantitative estimate of drug-likeness (QED) is 0.373. The molecule has 0 saturated carbocycles. The molecule has 1 heterocycles. The Morgan fingerprint density at radius 2 is 1.89 bits per heavy atom. The van der Waals surface area contributed by atoms with Gasteiger partial charge >= 0.3 is 0 Å². The molecule has 0 bridgehead atoms. The molecule has 1 aliphatic rings. The van der Waals surface area contributed by atoms with Gasteiger partial charge in [0.15, 0.2) is 5.96 Å². The number of guanidine groups is 1. The van der Waals surface area contributed by atoms with Crippen molar-refractivity contribution < 1.29 is 9.53 Å². The van der Waals surface area contributed by atoms with Gasteiger partial charge in [0.25, 0.3) is 5.91 Å². The molecule has 1 amide bonds. The largest absolute Gasteiger partial charge is 0.493 e. The highest BCUT2D eigenvalue weighted by atomic mass is 16.5. The van der Waals surface area contributed by atoms with Gasteiger partial charge in [-0.3, -0.25) is 9.79 Å². The first-order valence-electron chi connectivity index (χ1n) is 9.86. The monoisotopic (exact) mass is 380 g/mol. The van der Waals surface area contributed by atoms with Gasteiger partial charge in [-0.2, -0.15) is 0 Å². The summed E-state index contributed by atoms with van der Waals surface area (Å²) in [6.07, 6.45) is 1.87. The molecule has 6 heteroatoms. The maximum Gasteiger partial charge on any atom is 0.251 e. The molecule has 0 unspecified atom stereocenters. The van der Waals surface area contributed by atoms with E-state index in [-0.39, 0.29) is 5.91 Å². The van der Waals surface area contributed by atoms with Gasteiger partial charge < -0.3 is 20.7 Å². The first-order chi connectivity index (χ1) is 13.8. The highest BCUT2D eigenvalue weighted by molar-refractivity contribution is 5.94. The van der Waals surface area contributed by atoms with Gasteiger partial charge in [-0.25, -0.2) is 0 Å². The summed E-state index contributed by atoms with van der Waals surface area (Å²) in [7, 11) is 0. The molecule has 0 aliphatic carbocycles. The number of nitrogens with zero attached hydrogens (tertiary/aromatic N) is 1. The highest BCUT2D eigenvalue weighted by Gasteiger charge is 2.11. The van der Waals surface area contributed by atoms with Crippen LogP contribution >= 0.6 is 0 Å². The minimum Gasteiger partial charge on any atom is -0.493 e. The number of ether oxygens (including phenoxy) is 1. The Hall–Kier alpha value is -3.02. The molecule has 2 aromatic rings. The fraction of sp³-hybridized carbons (Fsp3) is 0.364. The number of benzene rings is 2. The van der Waals surface area contributed by atoms with Gasteiger partial charge in [-0.15, -0.1) is 0 Å². The second kappa shape index (κ2) is 10.3. The Balaban J connectivity index is 1.42. The fourth-order valence-electron chi connectivity index (χ4n) is 3.08. The summed E-state index contributed by atoms with van der Waals surface area (Å²) in [5.41, 5.74) is 3.24. The number of carbonyl (C=O) groups excluding carboxylic acids is 1. The molecular weight excluding hydrogens is 352 g/mol.